The van der Waals surface area contributed by atoms with Crippen LogP contribution in [-0.4, -0.2) is 56.8 Å². The molecule has 0 aromatic heterocycles. The summed E-state index contributed by atoms with van der Waals surface area (Å²) < 4.78 is 52.5. The molecule has 0 bridgehead atoms. The number of carbonyl (C=O) groups excluding carboxylic acids is 1. The van der Waals surface area contributed by atoms with Crippen LogP contribution in [0.2, 0.25) is 5.02 Å². The Morgan fingerprint density at radius 1 is 1.07 bits per heavy atom. The van der Waals surface area contributed by atoms with Crippen molar-refractivity contribution in [3.8, 4) is 16.9 Å². The van der Waals surface area contributed by atoms with Gasteiger partial charge in [-0.1, -0.05) is 48.9 Å². The zero-order valence-corrected chi connectivity index (χ0v) is 23.3. The molecule has 2 N–H and O–H groups in total. The molecule has 214 valence electrons. The topological polar surface area (TPSA) is 68.0 Å². The second-order valence-corrected chi connectivity index (χ2v) is 9.98. The molecule has 40 heavy (non-hydrogen) atoms. The number of piperazine rings is 1. The summed E-state index contributed by atoms with van der Waals surface area (Å²) >= 11 is 5.82. The van der Waals surface area contributed by atoms with Gasteiger partial charge in [-0.05, 0) is 42.3 Å². The van der Waals surface area contributed by atoms with Crippen molar-refractivity contribution in [2.45, 2.75) is 32.1 Å². The Bertz CT molecular complexity index is 1320. The van der Waals surface area contributed by atoms with E-state index in [4.69, 9.17) is 26.8 Å². The van der Waals surface area contributed by atoms with Crippen LogP contribution in [0.15, 0.2) is 60.7 Å². The highest BCUT2D eigenvalue weighted by molar-refractivity contribution is 6.30. The monoisotopic (exact) mass is 575 g/mol. The number of nitrogens with two attached hydrogens (primary N) is 1. The first-order valence-corrected chi connectivity index (χ1v) is 13.5. The predicted molar refractivity (Wildman–Crippen MR) is 151 cm³/mol. The molecule has 0 aliphatic carbocycles. The second kappa shape index (κ2) is 12.9. The van der Waals surface area contributed by atoms with Crippen molar-refractivity contribution < 1.29 is 27.4 Å². The Morgan fingerprint density at radius 3 is 2.48 bits per heavy atom. The van der Waals surface area contributed by atoms with Crippen LogP contribution < -0.4 is 15.4 Å². The molecule has 1 saturated heterocycles. The van der Waals surface area contributed by atoms with Gasteiger partial charge in [0.15, 0.2) is 0 Å². The number of hydrogen-bond donors (Lipinski definition) is 1. The smallest absolute Gasteiger partial charge is 0.417 e. The van der Waals surface area contributed by atoms with E-state index in [1.807, 2.05) is 49.4 Å². The van der Waals surface area contributed by atoms with Crippen molar-refractivity contribution in [3.63, 3.8) is 0 Å². The SMILES string of the molecule is CC[C@@H]1CN(C(=O)c2ccc(Cl)cc2C(F)(F)F)CCN1c1ccc(-c2ccccc2)c(OCCOC)c1CN. The summed E-state index contributed by atoms with van der Waals surface area (Å²) in [4.78, 5) is 17.0. The van der Waals surface area contributed by atoms with E-state index in [1.54, 1.807) is 7.11 Å². The summed E-state index contributed by atoms with van der Waals surface area (Å²) in [7, 11) is 1.61. The first kappa shape index (κ1) is 29.7. The number of nitrogens with zero attached hydrogens (tertiary/aromatic N) is 2. The van der Waals surface area contributed by atoms with Gasteiger partial charge in [-0.15, -0.1) is 0 Å². The van der Waals surface area contributed by atoms with Gasteiger partial charge < -0.3 is 25.0 Å². The van der Waals surface area contributed by atoms with Crippen molar-refractivity contribution in [1.29, 1.82) is 0 Å². The predicted octanol–water partition coefficient (Wildman–Crippen LogP) is 6.25. The van der Waals surface area contributed by atoms with Gasteiger partial charge in [0.25, 0.3) is 5.91 Å². The third-order valence-electron chi connectivity index (χ3n) is 7.13. The minimum atomic E-state index is -4.70. The Balaban J connectivity index is 1.66. The fraction of sp³-hybridized carbons (Fsp3) is 0.367. The van der Waals surface area contributed by atoms with Gasteiger partial charge in [0.05, 0.1) is 17.7 Å². The third-order valence-corrected chi connectivity index (χ3v) is 7.36. The van der Waals surface area contributed by atoms with E-state index in [1.165, 1.54) is 11.0 Å². The van der Waals surface area contributed by atoms with E-state index in [0.29, 0.717) is 31.9 Å². The lowest BCUT2D eigenvalue weighted by atomic mass is 9.97. The van der Waals surface area contributed by atoms with Gasteiger partial charge >= 0.3 is 6.18 Å². The number of ether oxygens (including phenoxy) is 2. The number of alkyl halides is 3. The minimum Gasteiger partial charge on any atom is -0.490 e. The fourth-order valence-corrected chi connectivity index (χ4v) is 5.31. The highest BCUT2D eigenvalue weighted by Crippen LogP contribution is 2.40. The maximum absolute atomic E-state index is 13.7. The van der Waals surface area contributed by atoms with Crippen molar-refractivity contribution in [1.82, 2.24) is 4.90 Å². The number of benzene rings is 3. The highest BCUT2D eigenvalue weighted by Gasteiger charge is 2.38. The first-order chi connectivity index (χ1) is 19.2. The molecule has 1 heterocycles. The summed E-state index contributed by atoms with van der Waals surface area (Å²) in [6, 6.07) is 17.0. The quantitative estimate of drug-likeness (QED) is 0.305. The van der Waals surface area contributed by atoms with Crippen molar-refractivity contribution in [2.24, 2.45) is 5.73 Å². The lowest BCUT2D eigenvalue weighted by molar-refractivity contribution is -0.138. The van der Waals surface area contributed by atoms with Crippen LogP contribution in [0.5, 0.6) is 5.75 Å². The van der Waals surface area contributed by atoms with E-state index in [0.717, 1.165) is 34.5 Å². The molecule has 1 atom stereocenters. The standard InChI is InChI=1S/C30H33ClF3N3O3/c1-3-22-19-36(29(38)24-10-9-21(31)17-26(24)30(32,33)34)13-14-37(22)27-12-11-23(20-7-5-4-6-8-20)28(25(27)18-35)40-16-15-39-2/h4-12,17,22H,3,13-16,18-19,35H2,1-2H3/t22-/m1/s1. The van der Waals surface area contributed by atoms with Crippen LogP contribution in [0.25, 0.3) is 11.1 Å². The molecule has 1 aliphatic heterocycles. The molecule has 0 radical (unpaired) electrons. The number of halogens is 4. The summed E-state index contributed by atoms with van der Waals surface area (Å²) in [5.41, 5.74) is 8.48. The van der Waals surface area contributed by atoms with E-state index in [-0.39, 0.29) is 30.7 Å². The van der Waals surface area contributed by atoms with Gasteiger partial charge in [-0.25, -0.2) is 0 Å². The normalized spacial score (nSPS) is 15.8. The van der Waals surface area contributed by atoms with Crippen LogP contribution in [0, 0.1) is 0 Å². The zero-order valence-electron chi connectivity index (χ0n) is 22.5. The molecule has 0 saturated carbocycles. The maximum atomic E-state index is 13.7. The number of hydrogen-bond acceptors (Lipinski definition) is 5. The number of rotatable bonds is 9. The summed E-state index contributed by atoms with van der Waals surface area (Å²) in [6.07, 6.45) is -4.03. The Hall–Kier alpha value is -3.27. The van der Waals surface area contributed by atoms with E-state index >= 15 is 0 Å². The van der Waals surface area contributed by atoms with Crippen molar-refractivity contribution in [2.75, 3.05) is 44.9 Å². The Morgan fingerprint density at radius 2 is 1.82 bits per heavy atom. The molecular formula is C30H33ClF3N3O3. The van der Waals surface area contributed by atoms with Crippen LogP contribution in [0.3, 0.4) is 0 Å². The Kier molecular flexibility index (Phi) is 9.60. The van der Waals surface area contributed by atoms with Crippen LogP contribution in [0.1, 0.15) is 34.8 Å². The van der Waals surface area contributed by atoms with E-state index < -0.39 is 23.2 Å². The van der Waals surface area contributed by atoms with Gasteiger partial charge in [-0.2, -0.15) is 13.2 Å². The first-order valence-electron chi connectivity index (χ1n) is 13.1. The van der Waals surface area contributed by atoms with Gasteiger partial charge in [-0.3, -0.25) is 4.79 Å². The van der Waals surface area contributed by atoms with Gasteiger partial charge in [0.1, 0.15) is 12.4 Å². The zero-order chi connectivity index (χ0) is 28.9. The lowest BCUT2D eigenvalue weighted by Crippen LogP contribution is -2.55. The number of amides is 1. The summed E-state index contributed by atoms with van der Waals surface area (Å²) in [5, 5.41) is -0.0723. The molecule has 1 aliphatic rings. The average molecular weight is 576 g/mol. The Labute approximate surface area is 237 Å². The molecule has 3 aromatic carbocycles. The molecule has 0 spiro atoms. The fourth-order valence-electron chi connectivity index (χ4n) is 5.13. The average Bonchev–Trinajstić information content (AvgIpc) is 2.96. The number of methoxy groups -OCH3 is 1. The molecule has 1 fully saturated rings. The van der Waals surface area contributed by atoms with E-state index in [2.05, 4.69) is 4.90 Å². The van der Waals surface area contributed by atoms with Crippen LogP contribution in [-0.2, 0) is 17.5 Å². The van der Waals surface area contributed by atoms with Crippen LogP contribution >= 0.6 is 11.6 Å². The number of carbonyl (C=O) groups is 1. The molecule has 4 rings (SSSR count). The van der Waals surface area contributed by atoms with Crippen molar-refractivity contribution in [3.05, 3.63) is 82.4 Å². The molecule has 1 amide bonds. The number of anilines is 1. The van der Waals surface area contributed by atoms with E-state index in [9.17, 15) is 18.0 Å². The van der Waals surface area contributed by atoms with Gasteiger partial charge in [0.2, 0.25) is 0 Å². The largest absolute Gasteiger partial charge is 0.490 e. The summed E-state index contributed by atoms with van der Waals surface area (Å²) in [6.45, 7) is 3.90. The molecule has 6 nitrogen and oxygen atoms in total. The molecule has 10 heteroatoms. The van der Waals surface area contributed by atoms with Crippen LogP contribution in [0.4, 0.5) is 18.9 Å². The molecule has 3 aromatic rings. The van der Waals surface area contributed by atoms with Gasteiger partial charge in [0, 0.05) is 61.2 Å². The lowest BCUT2D eigenvalue weighted by Gasteiger charge is -2.43. The molecule has 0 unspecified atom stereocenters. The second-order valence-electron chi connectivity index (χ2n) is 9.55. The highest BCUT2D eigenvalue weighted by atomic mass is 35.5. The minimum absolute atomic E-state index is 0.0723. The molecular weight excluding hydrogens is 543 g/mol. The summed E-state index contributed by atoms with van der Waals surface area (Å²) in [5.74, 6) is 0.0109. The third kappa shape index (κ3) is 6.37. The van der Waals surface area contributed by atoms with Crippen molar-refractivity contribution >= 4 is 23.2 Å². The maximum Gasteiger partial charge on any atom is 0.417 e.